The van der Waals surface area contributed by atoms with Crippen LogP contribution in [0, 0.1) is 11.3 Å². The molecule has 1 aromatic carbocycles. The third kappa shape index (κ3) is 3.06. The van der Waals surface area contributed by atoms with Crippen LogP contribution in [0.2, 0.25) is 0 Å². The zero-order valence-corrected chi connectivity index (χ0v) is 16.1. The van der Waals surface area contributed by atoms with Crippen molar-refractivity contribution in [1.29, 1.82) is 0 Å². The number of aliphatic hydroxyl groups is 1. The van der Waals surface area contributed by atoms with Crippen LogP contribution in [0.4, 0.5) is 5.82 Å². The molecule has 28 heavy (non-hydrogen) atoms. The average Bonchev–Trinajstić information content (AvgIpc) is 3.32. The summed E-state index contributed by atoms with van der Waals surface area (Å²) in [4.78, 5) is 16.7. The number of aromatic amines is 1. The Balaban J connectivity index is 1.28. The van der Waals surface area contributed by atoms with E-state index in [0.29, 0.717) is 5.92 Å². The number of para-hydroxylation sites is 1. The van der Waals surface area contributed by atoms with Crippen molar-refractivity contribution < 1.29 is 5.11 Å². The smallest absolute Gasteiger partial charge is 0.131 e. The zero-order chi connectivity index (χ0) is 19.0. The number of nitrogens with zero attached hydrogens (tertiary/aromatic N) is 4. The number of likely N-dealkylation sites (tertiary alicyclic amines) is 1. The summed E-state index contributed by atoms with van der Waals surface area (Å²) in [6.07, 6.45) is 7.81. The lowest BCUT2D eigenvalue weighted by atomic mass is 9.71. The molecule has 6 heteroatoms. The third-order valence-electron chi connectivity index (χ3n) is 6.84. The number of anilines is 1. The first-order chi connectivity index (χ1) is 13.8. The first kappa shape index (κ1) is 17.6. The van der Waals surface area contributed by atoms with Gasteiger partial charge in [-0.3, -0.25) is 4.90 Å². The van der Waals surface area contributed by atoms with Crippen molar-refractivity contribution in [3.05, 3.63) is 54.6 Å². The molecule has 2 aromatic heterocycles. The lowest BCUT2D eigenvalue weighted by Crippen LogP contribution is -2.44. The van der Waals surface area contributed by atoms with Crippen molar-refractivity contribution in [2.45, 2.75) is 19.4 Å². The zero-order valence-electron chi connectivity index (χ0n) is 16.1. The molecule has 4 heterocycles. The van der Waals surface area contributed by atoms with E-state index in [1.54, 1.807) is 12.5 Å². The number of rotatable bonds is 4. The van der Waals surface area contributed by atoms with Crippen molar-refractivity contribution in [3.8, 4) is 0 Å². The number of fused-ring (bicyclic) bond motifs is 1. The molecule has 2 aliphatic rings. The highest BCUT2D eigenvalue weighted by atomic mass is 16.3. The van der Waals surface area contributed by atoms with Crippen molar-refractivity contribution in [1.82, 2.24) is 19.9 Å². The van der Waals surface area contributed by atoms with Crippen LogP contribution < -0.4 is 4.90 Å². The number of piperidine rings is 1. The summed E-state index contributed by atoms with van der Waals surface area (Å²) in [5, 5.41) is 11.4. The number of aromatic nitrogens is 3. The van der Waals surface area contributed by atoms with E-state index in [4.69, 9.17) is 0 Å². The Hall–Kier alpha value is -2.44. The molecule has 0 amide bonds. The fourth-order valence-electron chi connectivity index (χ4n) is 5.16. The highest BCUT2D eigenvalue weighted by molar-refractivity contribution is 5.82. The molecular formula is C22H27N5O. The molecule has 1 atom stereocenters. The van der Waals surface area contributed by atoms with E-state index < -0.39 is 0 Å². The van der Waals surface area contributed by atoms with Gasteiger partial charge in [0, 0.05) is 55.5 Å². The SMILES string of the molecule is OCC1CN(c2ccncn2)CC12CCN(Cc1c[nH]c3ccccc13)CC2. The first-order valence-corrected chi connectivity index (χ1v) is 10.2. The topological polar surface area (TPSA) is 68.3 Å². The number of benzene rings is 1. The fraction of sp³-hybridized carbons (Fsp3) is 0.455. The van der Waals surface area contributed by atoms with Gasteiger partial charge in [0.25, 0.3) is 0 Å². The summed E-state index contributed by atoms with van der Waals surface area (Å²) >= 11 is 0. The van der Waals surface area contributed by atoms with E-state index in [2.05, 4.69) is 55.2 Å². The number of nitrogens with one attached hydrogen (secondary N) is 1. The molecule has 1 spiro atoms. The Morgan fingerprint density at radius 1 is 1.18 bits per heavy atom. The van der Waals surface area contributed by atoms with Gasteiger partial charge in [-0.05, 0) is 49.0 Å². The van der Waals surface area contributed by atoms with E-state index in [0.717, 1.165) is 51.4 Å². The van der Waals surface area contributed by atoms with Crippen LogP contribution in [0.3, 0.4) is 0 Å². The summed E-state index contributed by atoms with van der Waals surface area (Å²) in [7, 11) is 0. The second-order valence-electron chi connectivity index (χ2n) is 8.33. The van der Waals surface area contributed by atoms with Crippen molar-refractivity contribution in [2.24, 2.45) is 11.3 Å². The molecule has 2 fully saturated rings. The number of H-pyrrole nitrogens is 1. The molecule has 0 aliphatic carbocycles. The highest BCUT2D eigenvalue weighted by Gasteiger charge is 2.47. The molecule has 0 radical (unpaired) electrons. The van der Waals surface area contributed by atoms with Gasteiger partial charge in [0.15, 0.2) is 0 Å². The lowest BCUT2D eigenvalue weighted by Gasteiger charge is -2.42. The maximum Gasteiger partial charge on any atom is 0.131 e. The number of hydrogen-bond donors (Lipinski definition) is 2. The van der Waals surface area contributed by atoms with Crippen molar-refractivity contribution >= 4 is 16.7 Å². The van der Waals surface area contributed by atoms with Crippen LogP contribution in [0.1, 0.15) is 18.4 Å². The van der Waals surface area contributed by atoms with Gasteiger partial charge in [-0.1, -0.05) is 18.2 Å². The third-order valence-corrected chi connectivity index (χ3v) is 6.84. The Bertz CT molecular complexity index is 932. The average molecular weight is 377 g/mol. The van der Waals surface area contributed by atoms with Gasteiger partial charge in [0.1, 0.15) is 12.1 Å². The minimum absolute atomic E-state index is 0.191. The molecule has 2 aliphatic heterocycles. The quantitative estimate of drug-likeness (QED) is 0.732. The van der Waals surface area contributed by atoms with Gasteiger partial charge in [-0.15, -0.1) is 0 Å². The van der Waals surface area contributed by atoms with Gasteiger partial charge in [-0.25, -0.2) is 9.97 Å². The van der Waals surface area contributed by atoms with Gasteiger partial charge in [0.05, 0.1) is 0 Å². The van der Waals surface area contributed by atoms with Gasteiger partial charge in [-0.2, -0.15) is 0 Å². The van der Waals surface area contributed by atoms with Crippen LogP contribution in [0.15, 0.2) is 49.1 Å². The van der Waals surface area contributed by atoms with Crippen LogP contribution >= 0.6 is 0 Å². The first-order valence-electron chi connectivity index (χ1n) is 10.2. The van der Waals surface area contributed by atoms with Crippen molar-refractivity contribution in [2.75, 3.05) is 37.7 Å². The Morgan fingerprint density at radius 2 is 2.04 bits per heavy atom. The second-order valence-corrected chi connectivity index (χ2v) is 8.33. The van der Waals surface area contributed by atoms with Crippen molar-refractivity contribution in [3.63, 3.8) is 0 Å². The van der Waals surface area contributed by atoms with Crippen LogP contribution in [0.5, 0.6) is 0 Å². The number of aliphatic hydroxyl groups excluding tert-OH is 1. The van der Waals surface area contributed by atoms with E-state index in [-0.39, 0.29) is 12.0 Å². The summed E-state index contributed by atoms with van der Waals surface area (Å²) in [6.45, 7) is 5.26. The van der Waals surface area contributed by atoms with Gasteiger partial charge >= 0.3 is 0 Å². The van der Waals surface area contributed by atoms with E-state index >= 15 is 0 Å². The second kappa shape index (κ2) is 7.18. The van der Waals surface area contributed by atoms with Crippen LogP contribution in [-0.4, -0.2) is 57.7 Å². The summed E-state index contributed by atoms with van der Waals surface area (Å²) < 4.78 is 0. The van der Waals surface area contributed by atoms with Gasteiger partial charge in [0.2, 0.25) is 0 Å². The van der Waals surface area contributed by atoms with E-state index in [1.807, 2.05) is 6.07 Å². The minimum atomic E-state index is 0.191. The molecular weight excluding hydrogens is 350 g/mol. The van der Waals surface area contributed by atoms with E-state index in [1.165, 1.54) is 16.5 Å². The minimum Gasteiger partial charge on any atom is -0.396 e. The summed E-state index contributed by atoms with van der Waals surface area (Å²) in [5.41, 5.74) is 2.78. The molecule has 2 N–H and O–H groups in total. The van der Waals surface area contributed by atoms with Crippen LogP contribution in [0.25, 0.3) is 10.9 Å². The maximum atomic E-state index is 10.1. The molecule has 1 unspecified atom stereocenters. The summed E-state index contributed by atoms with van der Waals surface area (Å²) in [6, 6.07) is 10.5. The van der Waals surface area contributed by atoms with E-state index in [9.17, 15) is 5.11 Å². The molecule has 146 valence electrons. The molecule has 3 aromatic rings. The lowest BCUT2D eigenvalue weighted by molar-refractivity contribution is 0.0508. The van der Waals surface area contributed by atoms with Gasteiger partial charge < -0.3 is 15.0 Å². The molecule has 6 nitrogen and oxygen atoms in total. The molecule has 0 bridgehead atoms. The van der Waals surface area contributed by atoms with Crippen LogP contribution in [-0.2, 0) is 6.54 Å². The molecule has 5 rings (SSSR count). The predicted octanol–water partition coefficient (Wildman–Crippen LogP) is 2.67. The maximum absolute atomic E-state index is 10.1. The normalized spacial score (nSPS) is 22.3. The highest BCUT2D eigenvalue weighted by Crippen LogP contribution is 2.45. The predicted molar refractivity (Wildman–Crippen MR) is 110 cm³/mol. The Morgan fingerprint density at radius 3 is 2.82 bits per heavy atom. The number of hydrogen-bond acceptors (Lipinski definition) is 5. The monoisotopic (exact) mass is 377 g/mol. The Kier molecular flexibility index (Phi) is 4.53. The standard InChI is InChI=1S/C22H27N5O/c28-14-18-13-27(21-5-8-23-16-25-21)15-22(18)6-9-26(10-7-22)12-17-11-24-20-4-2-1-3-19(17)20/h1-5,8,11,16,18,24,28H,6-7,9-10,12-15H2. The molecule has 2 saturated heterocycles. The largest absolute Gasteiger partial charge is 0.396 e. The fourth-order valence-corrected chi connectivity index (χ4v) is 5.16. The molecule has 0 saturated carbocycles. The Labute approximate surface area is 165 Å². The summed E-state index contributed by atoms with van der Waals surface area (Å²) in [5.74, 6) is 1.30.